The summed E-state index contributed by atoms with van der Waals surface area (Å²) in [6.07, 6.45) is 9.59. The van der Waals surface area contributed by atoms with Gasteiger partial charge in [0.2, 0.25) is 5.91 Å². The van der Waals surface area contributed by atoms with Crippen molar-refractivity contribution in [2.24, 2.45) is 0 Å². The third-order valence-electron chi connectivity index (χ3n) is 6.37. The van der Waals surface area contributed by atoms with Gasteiger partial charge in [-0.15, -0.1) is 11.3 Å². The summed E-state index contributed by atoms with van der Waals surface area (Å²) in [6.45, 7) is 4.85. The molecule has 33 heavy (non-hydrogen) atoms. The number of amides is 1. The van der Waals surface area contributed by atoms with Gasteiger partial charge in [0.05, 0.1) is 19.2 Å². The average molecular weight is 468 g/mol. The number of piperazine rings is 1. The number of methoxy groups -OCH3 is 1. The number of thiophene rings is 1. The molecular formula is C26H33N3O3S. The summed E-state index contributed by atoms with van der Waals surface area (Å²) in [5.74, 6) is -0.407. The SMILES string of the molecule is COC(=O)c1c(NC(=O)CN2CCN(C/C=C/c3ccccc3)CC2)sc2c1CCCCC2. The zero-order chi connectivity index (χ0) is 23.0. The largest absolute Gasteiger partial charge is 0.465 e. The topological polar surface area (TPSA) is 61.9 Å². The molecule has 1 aromatic carbocycles. The Morgan fingerprint density at radius 3 is 2.52 bits per heavy atom. The Balaban J connectivity index is 1.28. The van der Waals surface area contributed by atoms with Crippen LogP contribution in [0.15, 0.2) is 36.4 Å². The first kappa shape index (κ1) is 23.7. The molecule has 1 aliphatic carbocycles. The van der Waals surface area contributed by atoms with Gasteiger partial charge in [0.15, 0.2) is 0 Å². The number of ether oxygens (including phenoxy) is 1. The molecule has 0 bridgehead atoms. The standard InChI is InChI=1S/C26H33N3O3S/c1-32-26(31)24-21-12-6-3-7-13-22(21)33-25(24)27-23(30)19-29-17-15-28(16-18-29)14-8-11-20-9-4-2-5-10-20/h2,4-5,8-11H,3,6-7,12-19H2,1H3,(H,27,30)/b11-8+. The Morgan fingerprint density at radius 2 is 1.76 bits per heavy atom. The van der Waals surface area contributed by atoms with Gasteiger partial charge in [-0.25, -0.2) is 4.79 Å². The first-order valence-corrected chi connectivity index (χ1v) is 12.6. The molecule has 7 heteroatoms. The number of nitrogens with one attached hydrogen (secondary N) is 1. The molecule has 4 rings (SSSR count). The molecule has 1 aliphatic heterocycles. The van der Waals surface area contributed by atoms with Crippen LogP contribution in [0.25, 0.3) is 6.08 Å². The first-order chi connectivity index (χ1) is 16.1. The highest BCUT2D eigenvalue weighted by Crippen LogP contribution is 2.37. The molecule has 0 unspecified atom stereocenters. The molecular weight excluding hydrogens is 434 g/mol. The van der Waals surface area contributed by atoms with Crippen molar-refractivity contribution in [3.05, 3.63) is 58.0 Å². The van der Waals surface area contributed by atoms with E-state index in [0.29, 0.717) is 17.1 Å². The van der Waals surface area contributed by atoms with Crippen molar-refractivity contribution in [2.75, 3.05) is 51.7 Å². The highest BCUT2D eigenvalue weighted by molar-refractivity contribution is 7.17. The summed E-state index contributed by atoms with van der Waals surface area (Å²) < 4.78 is 5.04. The van der Waals surface area contributed by atoms with E-state index >= 15 is 0 Å². The molecule has 2 heterocycles. The van der Waals surface area contributed by atoms with E-state index in [2.05, 4.69) is 39.4 Å². The summed E-state index contributed by atoms with van der Waals surface area (Å²) in [5.41, 5.74) is 2.87. The predicted molar refractivity (Wildman–Crippen MR) is 134 cm³/mol. The van der Waals surface area contributed by atoms with Crippen LogP contribution in [0, 0.1) is 0 Å². The van der Waals surface area contributed by atoms with Crippen molar-refractivity contribution >= 4 is 34.3 Å². The number of hydrogen-bond acceptors (Lipinski definition) is 6. The predicted octanol–water partition coefficient (Wildman–Crippen LogP) is 4.07. The van der Waals surface area contributed by atoms with Crippen molar-refractivity contribution in [1.82, 2.24) is 9.80 Å². The van der Waals surface area contributed by atoms with Crippen LogP contribution >= 0.6 is 11.3 Å². The summed E-state index contributed by atoms with van der Waals surface area (Å²) in [5, 5.41) is 3.68. The van der Waals surface area contributed by atoms with E-state index in [0.717, 1.165) is 64.0 Å². The molecule has 0 radical (unpaired) electrons. The molecule has 1 fully saturated rings. The maximum absolute atomic E-state index is 12.8. The van der Waals surface area contributed by atoms with Gasteiger partial charge >= 0.3 is 5.97 Å². The van der Waals surface area contributed by atoms with Crippen LogP contribution in [-0.4, -0.2) is 68.1 Å². The lowest BCUT2D eigenvalue weighted by Gasteiger charge is -2.33. The van der Waals surface area contributed by atoms with Gasteiger partial charge in [-0.05, 0) is 36.8 Å². The molecule has 2 aromatic rings. The lowest BCUT2D eigenvalue weighted by atomic mass is 10.1. The van der Waals surface area contributed by atoms with E-state index in [1.165, 1.54) is 24.0 Å². The number of nitrogens with zero attached hydrogens (tertiary/aromatic N) is 2. The molecule has 1 amide bonds. The van der Waals surface area contributed by atoms with Gasteiger partial charge in [0.25, 0.3) is 0 Å². The van der Waals surface area contributed by atoms with Crippen LogP contribution in [0.5, 0.6) is 0 Å². The summed E-state index contributed by atoms with van der Waals surface area (Å²) >= 11 is 1.55. The van der Waals surface area contributed by atoms with E-state index in [1.807, 2.05) is 18.2 Å². The second kappa shape index (κ2) is 11.6. The van der Waals surface area contributed by atoms with Crippen molar-refractivity contribution in [2.45, 2.75) is 32.1 Å². The lowest BCUT2D eigenvalue weighted by molar-refractivity contribution is -0.117. The molecule has 2 aliphatic rings. The van der Waals surface area contributed by atoms with E-state index in [9.17, 15) is 9.59 Å². The Morgan fingerprint density at radius 1 is 1.03 bits per heavy atom. The maximum Gasteiger partial charge on any atom is 0.341 e. The first-order valence-electron chi connectivity index (χ1n) is 11.8. The fourth-order valence-corrected chi connectivity index (χ4v) is 5.84. The second-order valence-electron chi connectivity index (χ2n) is 8.70. The van der Waals surface area contributed by atoms with Gasteiger partial charge in [-0.2, -0.15) is 0 Å². The van der Waals surface area contributed by atoms with Gasteiger partial charge in [0.1, 0.15) is 5.00 Å². The van der Waals surface area contributed by atoms with E-state index in [4.69, 9.17) is 4.74 Å². The maximum atomic E-state index is 12.8. The summed E-state index contributed by atoms with van der Waals surface area (Å²) in [6, 6.07) is 10.3. The van der Waals surface area contributed by atoms with Crippen molar-refractivity contribution in [3.63, 3.8) is 0 Å². The minimum Gasteiger partial charge on any atom is -0.465 e. The van der Waals surface area contributed by atoms with Crippen molar-refractivity contribution in [3.8, 4) is 0 Å². The normalized spacial score (nSPS) is 17.5. The molecule has 6 nitrogen and oxygen atoms in total. The summed E-state index contributed by atoms with van der Waals surface area (Å²) in [4.78, 5) is 31.1. The van der Waals surface area contributed by atoms with Gasteiger partial charge in [0, 0.05) is 37.6 Å². The number of benzene rings is 1. The van der Waals surface area contributed by atoms with Crippen LogP contribution in [0.4, 0.5) is 5.00 Å². The summed E-state index contributed by atoms with van der Waals surface area (Å²) in [7, 11) is 1.41. The molecule has 0 saturated carbocycles. The highest BCUT2D eigenvalue weighted by Gasteiger charge is 2.27. The van der Waals surface area contributed by atoms with Gasteiger partial charge < -0.3 is 10.1 Å². The van der Waals surface area contributed by atoms with Gasteiger partial charge in [-0.1, -0.05) is 48.9 Å². The molecule has 0 spiro atoms. The third-order valence-corrected chi connectivity index (χ3v) is 7.58. The van der Waals surface area contributed by atoms with Crippen LogP contribution in [0.3, 0.4) is 0 Å². The Hall–Kier alpha value is -2.48. The van der Waals surface area contributed by atoms with Crippen LogP contribution in [-0.2, 0) is 22.4 Å². The number of fused-ring (bicyclic) bond motifs is 1. The minimum atomic E-state index is -0.345. The lowest BCUT2D eigenvalue weighted by Crippen LogP contribution is -2.48. The number of carbonyl (C=O) groups is 2. The molecule has 176 valence electrons. The molecule has 1 N–H and O–H groups in total. The molecule has 0 atom stereocenters. The zero-order valence-corrected chi connectivity index (χ0v) is 20.2. The number of rotatable bonds is 7. The monoisotopic (exact) mass is 467 g/mol. The number of hydrogen-bond donors (Lipinski definition) is 1. The smallest absolute Gasteiger partial charge is 0.341 e. The number of aryl methyl sites for hydroxylation is 1. The second-order valence-corrected chi connectivity index (χ2v) is 9.80. The van der Waals surface area contributed by atoms with E-state index in [1.54, 1.807) is 11.3 Å². The van der Waals surface area contributed by atoms with E-state index in [-0.39, 0.29) is 11.9 Å². The average Bonchev–Trinajstić information content (AvgIpc) is 3.00. The highest BCUT2D eigenvalue weighted by atomic mass is 32.1. The number of esters is 1. The molecule has 1 saturated heterocycles. The Kier molecular flexibility index (Phi) is 8.31. The number of anilines is 1. The van der Waals surface area contributed by atoms with Crippen LogP contribution < -0.4 is 5.32 Å². The van der Waals surface area contributed by atoms with Crippen LogP contribution in [0.2, 0.25) is 0 Å². The Labute approximate surface area is 200 Å². The third kappa shape index (κ3) is 6.31. The van der Waals surface area contributed by atoms with Crippen molar-refractivity contribution in [1.29, 1.82) is 0 Å². The number of carbonyl (C=O) groups excluding carboxylic acids is 2. The van der Waals surface area contributed by atoms with Crippen molar-refractivity contribution < 1.29 is 14.3 Å². The quantitative estimate of drug-likeness (QED) is 0.491. The fourth-order valence-electron chi connectivity index (χ4n) is 4.55. The van der Waals surface area contributed by atoms with E-state index < -0.39 is 0 Å². The zero-order valence-electron chi connectivity index (χ0n) is 19.3. The van der Waals surface area contributed by atoms with Crippen LogP contribution in [0.1, 0.15) is 45.6 Å². The molecule has 1 aromatic heterocycles. The minimum absolute atomic E-state index is 0.0611. The van der Waals surface area contributed by atoms with Gasteiger partial charge in [-0.3, -0.25) is 14.6 Å². The fraction of sp³-hybridized carbons (Fsp3) is 0.462. The Bertz CT molecular complexity index is 978.